The average molecular weight is 484 g/mol. The van der Waals surface area contributed by atoms with Crippen LogP contribution in [-0.2, 0) is 0 Å². The Morgan fingerprint density at radius 1 is 1.17 bits per heavy atom. The molecule has 1 amide bonds. The van der Waals surface area contributed by atoms with Crippen LogP contribution >= 0.6 is 15.9 Å². The van der Waals surface area contributed by atoms with Crippen molar-refractivity contribution in [3.63, 3.8) is 0 Å². The Morgan fingerprint density at radius 3 is 2.47 bits per heavy atom. The molecule has 0 bridgehead atoms. The average Bonchev–Trinajstić information content (AvgIpc) is 2.73. The van der Waals surface area contributed by atoms with Crippen LogP contribution in [0.15, 0.2) is 28.9 Å². The van der Waals surface area contributed by atoms with Gasteiger partial charge in [-0.3, -0.25) is 4.79 Å². The smallest absolute Gasteiger partial charge is 0.255 e. The normalized spacial score (nSPS) is 12.1. The summed E-state index contributed by atoms with van der Waals surface area (Å²) < 4.78 is 0.622. The van der Waals surface area contributed by atoms with E-state index in [-0.39, 0.29) is 35.8 Å². The van der Waals surface area contributed by atoms with E-state index in [4.69, 9.17) is 10.2 Å². The molecule has 1 aromatic heterocycles. The van der Waals surface area contributed by atoms with Crippen LogP contribution in [0.2, 0.25) is 0 Å². The Balaban J connectivity index is 2.22. The van der Waals surface area contributed by atoms with Gasteiger partial charge in [0.05, 0.1) is 41.9 Å². The van der Waals surface area contributed by atoms with E-state index in [0.717, 1.165) is 0 Å². The van der Waals surface area contributed by atoms with Gasteiger partial charge < -0.3 is 36.4 Å². The summed E-state index contributed by atoms with van der Waals surface area (Å²) in [5, 5.41) is 46.3. The lowest BCUT2D eigenvalue weighted by Gasteiger charge is -2.21. The van der Waals surface area contributed by atoms with Crippen LogP contribution in [0.25, 0.3) is 0 Å². The molecule has 0 aliphatic carbocycles. The minimum absolute atomic E-state index is 0.0393. The highest BCUT2D eigenvalue weighted by atomic mass is 79.9. The number of amides is 1. The van der Waals surface area contributed by atoms with E-state index in [1.807, 2.05) is 13.8 Å². The minimum Gasteiger partial charge on any atom is -0.507 e. The van der Waals surface area contributed by atoms with Crippen molar-refractivity contribution >= 4 is 39.3 Å². The molecule has 0 saturated carbocycles. The molecule has 11 heteroatoms. The zero-order valence-electron chi connectivity index (χ0n) is 16.6. The third-order valence-corrected chi connectivity index (χ3v) is 4.92. The third kappa shape index (κ3) is 6.26. The van der Waals surface area contributed by atoms with Crippen molar-refractivity contribution in [3.05, 3.63) is 34.4 Å². The molecular formula is C19H26BrN5O5. The maximum Gasteiger partial charge on any atom is 0.255 e. The summed E-state index contributed by atoms with van der Waals surface area (Å²) in [6, 6.07) is 3.25. The van der Waals surface area contributed by atoms with Gasteiger partial charge in [0.25, 0.3) is 5.91 Å². The fraction of sp³-hybridized carbons (Fsp3) is 0.421. The van der Waals surface area contributed by atoms with Gasteiger partial charge in [0.1, 0.15) is 11.6 Å². The first-order chi connectivity index (χ1) is 14.3. The van der Waals surface area contributed by atoms with Gasteiger partial charge in [-0.15, -0.1) is 0 Å². The van der Waals surface area contributed by atoms with Crippen molar-refractivity contribution in [2.75, 3.05) is 30.5 Å². The summed E-state index contributed by atoms with van der Waals surface area (Å²) in [5.74, 6) is 0.00107. The highest BCUT2D eigenvalue weighted by Gasteiger charge is 2.18. The number of rotatable bonds is 10. The topological polar surface area (TPSA) is 160 Å². The number of hydrogen-bond donors (Lipinski definition) is 7. The van der Waals surface area contributed by atoms with Crippen LogP contribution in [0.3, 0.4) is 0 Å². The Bertz CT molecular complexity index is 863. The number of phenolic OH excluding ortho intramolecular Hbond substituents is 1. The van der Waals surface area contributed by atoms with E-state index < -0.39 is 25.2 Å². The number of hydrogen-bond acceptors (Lipinski definition) is 9. The van der Waals surface area contributed by atoms with Crippen LogP contribution < -0.4 is 16.0 Å². The number of benzene rings is 1. The van der Waals surface area contributed by atoms with Crippen LogP contribution in [-0.4, -0.2) is 68.2 Å². The molecular weight excluding hydrogens is 458 g/mol. The minimum atomic E-state index is -0.836. The molecule has 0 fully saturated rings. The molecule has 1 aromatic carbocycles. The van der Waals surface area contributed by atoms with Gasteiger partial charge in [-0.2, -0.15) is 4.98 Å². The number of aliphatic hydroxyl groups is 3. The van der Waals surface area contributed by atoms with Crippen LogP contribution in [0.4, 0.5) is 17.5 Å². The molecule has 2 aromatic rings. The lowest BCUT2D eigenvalue weighted by molar-refractivity contribution is 0.0876. The highest BCUT2D eigenvalue weighted by Crippen LogP contribution is 2.26. The summed E-state index contributed by atoms with van der Waals surface area (Å²) in [5.41, 5.74) is 0.404. The number of nitrogens with zero attached hydrogens (tertiary/aromatic N) is 2. The number of phenols is 1. The Kier molecular flexibility index (Phi) is 8.78. The van der Waals surface area contributed by atoms with Gasteiger partial charge in [-0.1, -0.05) is 13.8 Å². The first kappa shape index (κ1) is 23.8. The molecule has 2 rings (SSSR count). The van der Waals surface area contributed by atoms with Gasteiger partial charge in [0.2, 0.25) is 5.95 Å². The largest absolute Gasteiger partial charge is 0.507 e. The molecule has 30 heavy (non-hydrogen) atoms. The summed E-state index contributed by atoms with van der Waals surface area (Å²) >= 11 is 3.38. The number of carbonyl (C=O) groups is 1. The quantitative estimate of drug-likeness (QED) is 0.246. The predicted molar refractivity (Wildman–Crippen MR) is 116 cm³/mol. The first-order valence-electron chi connectivity index (χ1n) is 9.31. The van der Waals surface area contributed by atoms with E-state index in [2.05, 4.69) is 41.8 Å². The van der Waals surface area contributed by atoms with E-state index in [1.54, 1.807) is 12.3 Å². The van der Waals surface area contributed by atoms with Crippen molar-refractivity contribution in [1.82, 2.24) is 15.3 Å². The molecule has 164 valence electrons. The monoisotopic (exact) mass is 483 g/mol. The number of aromatic nitrogens is 2. The zero-order chi connectivity index (χ0) is 22.3. The summed E-state index contributed by atoms with van der Waals surface area (Å²) in [6.45, 7) is 3.02. The number of anilines is 3. The maximum absolute atomic E-state index is 12.3. The number of aliphatic hydroxyl groups excluding tert-OH is 3. The van der Waals surface area contributed by atoms with Gasteiger partial charge in [0.15, 0.2) is 0 Å². The van der Waals surface area contributed by atoms with Gasteiger partial charge in [0, 0.05) is 11.9 Å². The number of halogens is 1. The standard InChI is InChI=1S/C19H26BrN5O5/c1-10(2)15(9-28)24-17-14(20)6-21-19(25-17)23-11-3-4-16(29)13(5-11)18(30)22-12(7-26)8-27/h3-6,10,12,15,26-29H,7-9H2,1-2H3,(H,22,30)(H2,21,23,24,25)/t15-/m0/s1. The second kappa shape index (κ2) is 11.1. The van der Waals surface area contributed by atoms with Crippen molar-refractivity contribution in [2.24, 2.45) is 5.92 Å². The molecule has 7 N–H and O–H groups in total. The summed E-state index contributed by atoms with van der Waals surface area (Å²) in [7, 11) is 0. The van der Waals surface area contributed by atoms with Crippen LogP contribution in [0, 0.1) is 5.92 Å². The molecule has 1 atom stereocenters. The molecule has 0 unspecified atom stereocenters. The Hall–Kier alpha value is -2.47. The first-order valence-corrected chi connectivity index (χ1v) is 10.1. The van der Waals surface area contributed by atoms with Gasteiger partial charge in [-0.25, -0.2) is 4.98 Å². The zero-order valence-corrected chi connectivity index (χ0v) is 18.2. The lowest BCUT2D eigenvalue weighted by Crippen LogP contribution is -2.40. The fourth-order valence-electron chi connectivity index (χ4n) is 2.46. The van der Waals surface area contributed by atoms with Crippen molar-refractivity contribution in [2.45, 2.75) is 25.9 Å². The van der Waals surface area contributed by atoms with Crippen LogP contribution in [0.5, 0.6) is 5.75 Å². The molecule has 0 saturated heterocycles. The molecule has 10 nitrogen and oxygen atoms in total. The molecule has 1 heterocycles. The summed E-state index contributed by atoms with van der Waals surface area (Å²) in [6.07, 6.45) is 1.55. The van der Waals surface area contributed by atoms with Crippen molar-refractivity contribution < 1.29 is 25.2 Å². The maximum atomic E-state index is 12.3. The van der Waals surface area contributed by atoms with Gasteiger partial charge >= 0.3 is 0 Å². The van der Waals surface area contributed by atoms with E-state index in [0.29, 0.717) is 16.0 Å². The van der Waals surface area contributed by atoms with Crippen LogP contribution in [0.1, 0.15) is 24.2 Å². The predicted octanol–water partition coefficient (Wildman–Crippen LogP) is 1.20. The third-order valence-electron chi connectivity index (χ3n) is 4.34. The Labute approximate surface area is 182 Å². The molecule has 0 radical (unpaired) electrons. The second-order valence-corrected chi connectivity index (χ2v) is 7.81. The van der Waals surface area contributed by atoms with E-state index in [9.17, 15) is 15.0 Å². The van der Waals surface area contributed by atoms with E-state index in [1.165, 1.54) is 12.1 Å². The van der Waals surface area contributed by atoms with Crippen molar-refractivity contribution in [3.8, 4) is 5.75 Å². The van der Waals surface area contributed by atoms with Crippen molar-refractivity contribution in [1.29, 1.82) is 0 Å². The fourth-order valence-corrected chi connectivity index (χ4v) is 2.77. The van der Waals surface area contributed by atoms with Gasteiger partial charge in [-0.05, 0) is 40.0 Å². The molecule has 0 aliphatic heterocycles. The number of carbonyl (C=O) groups excluding carboxylic acids is 1. The SMILES string of the molecule is CC(C)[C@H](CO)Nc1nc(Nc2ccc(O)c(C(=O)NC(CO)CO)c2)ncc1Br. The Morgan fingerprint density at radius 2 is 1.87 bits per heavy atom. The summed E-state index contributed by atoms with van der Waals surface area (Å²) in [4.78, 5) is 20.9. The van der Waals surface area contributed by atoms with E-state index >= 15 is 0 Å². The number of nitrogens with one attached hydrogen (secondary N) is 3. The highest BCUT2D eigenvalue weighted by molar-refractivity contribution is 9.10. The number of aromatic hydroxyl groups is 1. The molecule has 0 spiro atoms. The lowest BCUT2D eigenvalue weighted by atomic mass is 10.1. The second-order valence-electron chi connectivity index (χ2n) is 6.96. The molecule has 0 aliphatic rings.